The van der Waals surface area contributed by atoms with Crippen LogP contribution in [0.15, 0.2) is 12.2 Å². The van der Waals surface area contributed by atoms with E-state index < -0.39 is 5.97 Å². The first-order valence-electron chi connectivity index (χ1n) is 15.0. The molecule has 3 nitrogen and oxygen atoms in total. The van der Waals surface area contributed by atoms with E-state index in [0.717, 1.165) is 12.8 Å². The van der Waals surface area contributed by atoms with Crippen LogP contribution in [-0.4, -0.2) is 27.3 Å². The molecule has 0 aliphatic heterocycles. The first-order valence-corrected chi connectivity index (χ1v) is 15.0. The molecule has 0 aromatic heterocycles. The van der Waals surface area contributed by atoms with Gasteiger partial charge in [0.05, 0.1) is 0 Å². The van der Waals surface area contributed by atoms with Crippen molar-refractivity contribution in [3.8, 4) is 0 Å². The molecule has 0 unspecified atom stereocenters. The molecule has 204 valence electrons. The molecule has 0 fully saturated rings. The average Bonchev–Trinajstić information content (AvgIpc) is 2.86. The molecule has 0 aliphatic rings. The SMILES string of the molecule is CCCCCCCCCCCCCCCCC=CCCCCCCCCCC(OC)(OC)OC. The Labute approximate surface area is 214 Å². The molecule has 0 radical (unpaired) electrons. The first-order chi connectivity index (χ1) is 16.7. The minimum atomic E-state index is -0.848. The second-order valence-electron chi connectivity index (χ2n) is 10.2. The van der Waals surface area contributed by atoms with Crippen LogP contribution in [0.4, 0.5) is 0 Å². The molecular formula is C31H62O3. The summed E-state index contributed by atoms with van der Waals surface area (Å²) in [6, 6.07) is 0. The van der Waals surface area contributed by atoms with Gasteiger partial charge in [0.25, 0.3) is 5.97 Å². The van der Waals surface area contributed by atoms with Gasteiger partial charge in [-0.15, -0.1) is 0 Å². The number of hydrogen-bond donors (Lipinski definition) is 0. The van der Waals surface area contributed by atoms with Gasteiger partial charge in [0.2, 0.25) is 0 Å². The van der Waals surface area contributed by atoms with Gasteiger partial charge in [-0.25, -0.2) is 0 Å². The van der Waals surface area contributed by atoms with Gasteiger partial charge in [0.15, 0.2) is 0 Å². The lowest BCUT2D eigenvalue weighted by Gasteiger charge is -2.28. The van der Waals surface area contributed by atoms with E-state index in [9.17, 15) is 0 Å². The number of ether oxygens (including phenoxy) is 3. The predicted octanol–water partition coefficient (Wildman–Crippen LogP) is 10.5. The van der Waals surface area contributed by atoms with Gasteiger partial charge >= 0.3 is 0 Å². The van der Waals surface area contributed by atoms with Gasteiger partial charge in [-0.2, -0.15) is 0 Å². The second kappa shape index (κ2) is 27.2. The normalized spacial score (nSPS) is 12.2. The Hall–Kier alpha value is -0.380. The summed E-state index contributed by atoms with van der Waals surface area (Å²) in [6.45, 7) is 2.30. The summed E-state index contributed by atoms with van der Waals surface area (Å²) in [5.74, 6) is -0.848. The zero-order valence-electron chi connectivity index (χ0n) is 23.9. The Kier molecular flexibility index (Phi) is 26.9. The van der Waals surface area contributed by atoms with Crippen molar-refractivity contribution in [2.75, 3.05) is 21.3 Å². The van der Waals surface area contributed by atoms with E-state index in [1.807, 2.05) is 0 Å². The third kappa shape index (κ3) is 22.1. The lowest BCUT2D eigenvalue weighted by molar-refractivity contribution is -0.355. The maximum atomic E-state index is 5.34. The number of unbranched alkanes of at least 4 members (excludes halogenated alkanes) is 21. The summed E-state index contributed by atoms with van der Waals surface area (Å²) in [7, 11) is 4.92. The highest BCUT2D eigenvalue weighted by Crippen LogP contribution is 2.21. The van der Waals surface area contributed by atoms with Crippen LogP contribution < -0.4 is 0 Å². The molecule has 34 heavy (non-hydrogen) atoms. The summed E-state index contributed by atoms with van der Waals surface area (Å²) in [4.78, 5) is 0. The maximum absolute atomic E-state index is 5.34. The van der Waals surface area contributed by atoms with Crippen LogP contribution in [0.1, 0.15) is 161 Å². The Morgan fingerprint density at radius 3 is 1.03 bits per heavy atom. The molecule has 0 spiro atoms. The van der Waals surface area contributed by atoms with Crippen LogP contribution in [-0.2, 0) is 14.2 Å². The molecule has 0 rings (SSSR count). The van der Waals surface area contributed by atoms with Crippen LogP contribution in [0.25, 0.3) is 0 Å². The zero-order chi connectivity index (χ0) is 25.0. The van der Waals surface area contributed by atoms with Gasteiger partial charge in [-0.1, -0.05) is 135 Å². The maximum Gasteiger partial charge on any atom is 0.282 e. The first kappa shape index (κ1) is 33.6. The lowest BCUT2D eigenvalue weighted by Crippen LogP contribution is -2.35. The van der Waals surface area contributed by atoms with Gasteiger partial charge in [0.1, 0.15) is 0 Å². The molecular weight excluding hydrogens is 420 g/mol. The summed E-state index contributed by atoms with van der Waals surface area (Å²) in [6.07, 6.45) is 37.4. The van der Waals surface area contributed by atoms with Gasteiger partial charge in [-0.05, 0) is 32.1 Å². The fraction of sp³-hybridized carbons (Fsp3) is 0.935. The van der Waals surface area contributed by atoms with Crippen molar-refractivity contribution in [3.05, 3.63) is 12.2 Å². The van der Waals surface area contributed by atoms with Crippen molar-refractivity contribution >= 4 is 0 Å². The van der Waals surface area contributed by atoms with E-state index in [2.05, 4.69) is 19.1 Å². The molecule has 0 amide bonds. The van der Waals surface area contributed by atoms with Gasteiger partial charge in [-0.3, -0.25) is 0 Å². The summed E-state index contributed by atoms with van der Waals surface area (Å²) in [5.41, 5.74) is 0. The van der Waals surface area contributed by atoms with E-state index in [-0.39, 0.29) is 0 Å². The molecule has 3 heteroatoms. The van der Waals surface area contributed by atoms with Crippen molar-refractivity contribution in [1.29, 1.82) is 0 Å². The molecule has 0 atom stereocenters. The van der Waals surface area contributed by atoms with Crippen LogP contribution in [0.3, 0.4) is 0 Å². The van der Waals surface area contributed by atoms with E-state index in [0.29, 0.717) is 0 Å². The van der Waals surface area contributed by atoms with Crippen molar-refractivity contribution in [2.24, 2.45) is 0 Å². The minimum Gasteiger partial charge on any atom is -0.331 e. The molecule has 0 aromatic rings. The van der Waals surface area contributed by atoms with E-state index in [1.165, 1.54) is 141 Å². The number of rotatable bonds is 28. The van der Waals surface area contributed by atoms with Crippen LogP contribution in [0.5, 0.6) is 0 Å². The van der Waals surface area contributed by atoms with Crippen LogP contribution >= 0.6 is 0 Å². The third-order valence-corrected chi connectivity index (χ3v) is 7.18. The highest BCUT2D eigenvalue weighted by atomic mass is 16.9. The van der Waals surface area contributed by atoms with E-state index >= 15 is 0 Å². The molecule has 0 bridgehead atoms. The average molecular weight is 483 g/mol. The Morgan fingerprint density at radius 2 is 0.706 bits per heavy atom. The quantitative estimate of drug-likeness (QED) is 0.0630. The van der Waals surface area contributed by atoms with Crippen molar-refractivity contribution in [3.63, 3.8) is 0 Å². The Morgan fingerprint density at radius 1 is 0.412 bits per heavy atom. The lowest BCUT2D eigenvalue weighted by atomic mass is 10.0. The molecule has 0 saturated carbocycles. The molecule has 0 N–H and O–H groups in total. The fourth-order valence-corrected chi connectivity index (χ4v) is 4.74. The summed E-state index contributed by atoms with van der Waals surface area (Å²) < 4.78 is 16.0. The second-order valence-corrected chi connectivity index (χ2v) is 10.2. The van der Waals surface area contributed by atoms with Crippen molar-refractivity contribution in [2.45, 2.75) is 167 Å². The van der Waals surface area contributed by atoms with Crippen LogP contribution in [0, 0.1) is 0 Å². The highest BCUT2D eigenvalue weighted by molar-refractivity contribution is 4.81. The number of methoxy groups -OCH3 is 3. The van der Waals surface area contributed by atoms with Crippen molar-refractivity contribution < 1.29 is 14.2 Å². The molecule has 0 saturated heterocycles. The summed E-state index contributed by atoms with van der Waals surface area (Å²) in [5, 5.41) is 0. The fourth-order valence-electron chi connectivity index (χ4n) is 4.74. The van der Waals surface area contributed by atoms with E-state index in [1.54, 1.807) is 21.3 Å². The smallest absolute Gasteiger partial charge is 0.282 e. The van der Waals surface area contributed by atoms with Gasteiger partial charge in [0, 0.05) is 27.8 Å². The number of hydrogen-bond acceptors (Lipinski definition) is 3. The van der Waals surface area contributed by atoms with Gasteiger partial charge < -0.3 is 14.2 Å². The van der Waals surface area contributed by atoms with Crippen LogP contribution in [0.2, 0.25) is 0 Å². The summed E-state index contributed by atoms with van der Waals surface area (Å²) >= 11 is 0. The molecule has 0 heterocycles. The third-order valence-electron chi connectivity index (χ3n) is 7.18. The molecule has 0 aromatic carbocycles. The van der Waals surface area contributed by atoms with Crippen molar-refractivity contribution in [1.82, 2.24) is 0 Å². The predicted molar refractivity (Wildman–Crippen MR) is 149 cm³/mol. The topological polar surface area (TPSA) is 27.7 Å². The number of allylic oxidation sites excluding steroid dienone is 2. The van der Waals surface area contributed by atoms with E-state index in [4.69, 9.17) is 14.2 Å². The minimum absolute atomic E-state index is 0.792. The Bertz CT molecular complexity index is 395. The standard InChI is InChI=1S/C31H62O3/c1-5-6-7-8-9-10-11-12-13-14-15-16-17-18-19-20-21-22-23-24-25-26-27-28-29-30-31(32-2,33-3)34-4/h20-21H,5-19,22-30H2,1-4H3. The zero-order valence-corrected chi connectivity index (χ0v) is 23.9. The highest BCUT2D eigenvalue weighted by Gasteiger charge is 2.28. The largest absolute Gasteiger partial charge is 0.331 e. The Balaban J connectivity index is 3.22. The molecule has 0 aliphatic carbocycles. The monoisotopic (exact) mass is 482 g/mol.